The van der Waals surface area contributed by atoms with Crippen LogP contribution in [0.3, 0.4) is 0 Å². The minimum absolute atomic E-state index is 0.114. The van der Waals surface area contributed by atoms with E-state index in [0.29, 0.717) is 17.4 Å². The van der Waals surface area contributed by atoms with Crippen LogP contribution in [0.25, 0.3) is 11.5 Å². The molecular formula is C12H7F2NO3. The number of ether oxygens (including phenoxy) is 1. The largest absolute Gasteiger partial charge is 0.444 e. The first-order valence-corrected chi connectivity index (χ1v) is 5.18. The van der Waals surface area contributed by atoms with Crippen molar-refractivity contribution in [2.45, 2.75) is 12.5 Å². The number of carbonyl (C=O) groups is 1. The lowest BCUT2D eigenvalue weighted by Gasteiger charge is -2.07. The second-order valence-corrected chi connectivity index (χ2v) is 3.93. The average Bonchev–Trinajstić information content (AvgIpc) is 2.89. The maximum absolute atomic E-state index is 13.0. The zero-order chi connectivity index (χ0) is 12.8. The van der Waals surface area contributed by atoms with Gasteiger partial charge in [-0.25, -0.2) is 4.98 Å². The van der Waals surface area contributed by atoms with Crippen LogP contribution in [0.2, 0.25) is 0 Å². The van der Waals surface area contributed by atoms with E-state index in [-0.39, 0.29) is 17.3 Å². The van der Waals surface area contributed by atoms with Crippen LogP contribution < -0.4 is 4.74 Å². The molecule has 0 amide bonds. The molecule has 0 radical (unpaired) electrons. The van der Waals surface area contributed by atoms with Gasteiger partial charge in [0.25, 0.3) is 0 Å². The fraction of sp³-hybridized carbons (Fsp3) is 0.167. The second kappa shape index (κ2) is 3.63. The Morgan fingerprint density at radius 1 is 1.39 bits per heavy atom. The molecule has 0 bridgehead atoms. The standard InChI is InChI=1S/C12H7F2NO3/c13-12(14)4-8-2-1-7(3-10(8)18-12)11-15-9(5-16)6-17-11/h1-3,5-6H,4H2. The van der Waals surface area contributed by atoms with E-state index < -0.39 is 12.5 Å². The number of rotatable bonds is 2. The first-order chi connectivity index (χ1) is 8.57. The van der Waals surface area contributed by atoms with Crippen molar-refractivity contribution < 1.29 is 22.7 Å². The van der Waals surface area contributed by atoms with Crippen LogP contribution in [0.1, 0.15) is 16.1 Å². The lowest BCUT2D eigenvalue weighted by molar-refractivity contribution is -0.159. The molecule has 0 unspecified atom stereocenters. The number of aldehydes is 1. The summed E-state index contributed by atoms with van der Waals surface area (Å²) in [5.74, 6) is 0.307. The summed E-state index contributed by atoms with van der Waals surface area (Å²) >= 11 is 0. The topological polar surface area (TPSA) is 52.3 Å². The molecule has 1 aromatic heterocycles. The summed E-state index contributed by atoms with van der Waals surface area (Å²) in [4.78, 5) is 14.4. The number of carbonyl (C=O) groups excluding carboxylic acids is 1. The van der Waals surface area contributed by atoms with Gasteiger partial charge in [-0.15, -0.1) is 0 Å². The molecule has 2 aromatic rings. The zero-order valence-corrected chi connectivity index (χ0v) is 9.02. The molecule has 0 atom stereocenters. The third kappa shape index (κ3) is 1.75. The lowest BCUT2D eigenvalue weighted by atomic mass is 10.1. The molecule has 1 aliphatic heterocycles. The molecule has 6 heteroatoms. The number of fused-ring (bicyclic) bond motifs is 1. The highest BCUT2D eigenvalue weighted by molar-refractivity contribution is 5.72. The van der Waals surface area contributed by atoms with Gasteiger partial charge >= 0.3 is 6.11 Å². The highest BCUT2D eigenvalue weighted by Crippen LogP contribution is 2.39. The van der Waals surface area contributed by atoms with Gasteiger partial charge in [0, 0.05) is 11.1 Å². The number of aromatic nitrogens is 1. The Balaban J connectivity index is 1.99. The first kappa shape index (κ1) is 10.9. The van der Waals surface area contributed by atoms with E-state index in [1.54, 1.807) is 6.07 Å². The summed E-state index contributed by atoms with van der Waals surface area (Å²) in [6, 6.07) is 4.57. The third-order valence-electron chi connectivity index (χ3n) is 2.61. The number of alkyl halides is 2. The predicted molar refractivity (Wildman–Crippen MR) is 56.6 cm³/mol. The molecule has 0 aliphatic carbocycles. The average molecular weight is 251 g/mol. The minimum Gasteiger partial charge on any atom is -0.444 e. The van der Waals surface area contributed by atoms with Gasteiger partial charge in [0.15, 0.2) is 6.29 Å². The second-order valence-electron chi connectivity index (χ2n) is 3.93. The molecule has 3 rings (SSSR count). The van der Waals surface area contributed by atoms with Crippen molar-refractivity contribution >= 4 is 6.29 Å². The van der Waals surface area contributed by atoms with E-state index in [4.69, 9.17) is 4.42 Å². The van der Waals surface area contributed by atoms with Gasteiger partial charge in [-0.05, 0) is 12.1 Å². The molecule has 0 saturated carbocycles. The van der Waals surface area contributed by atoms with Crippen LogP contribution in [-0.4, -0.2) is 17.4 Å². The number of nitrogens with zero attached hydrogens (tertiary/aromatic N) is 1. The van der Waals surface area contributed by atoms with Crippen LogP contribution in [-0.2, 0) is 6.42 Å². The Hall–Kier alpha value is -2.24. The van der Waals surface area contributed by atoms with Crippen molar-refractivity contribution in [3.05, 3.63) is 35.7 Å². The van der Waals surface area contributed by atoms with Crippen LogP contribution in [0.15, 0.2) is 28.9 Å². The fourth-order valence-electron chi connectivity index (χ4n) is 1.82. The van der Waals surface area contributed by atoms with Crippen molar-refractivity contribution in [2.24, 2.45) is 0 Å². The van der Waals surface area contributed by atoms with E-state index in [0.717, 1.165) is 0 Å². The molecule has 2 heterocycles. The van der Waals surface area contributed by atoms with Crippen LogP contribution in [0, 0.1) is 0 Å². The number of hydrogen-bond acceptors (Lipinski definition) is 4. The summed E-state index contributed by atoms with van der Waals surface area (Å²) < 4.78 is 35.6. The molecular weight excluding hydrogens is 244 g/mol. The molecule has 1 aliphatic rings. The van der Waals surface area contributed by atoms with Gasteiger partial charge < -0.3 is 9.15 Å². The fourth-order valence-corrected chi connectivity index (χ4v) is 1.82. The molecule has 4 nitrogen and oxygen atoms in total. The lowest BCUT2D eigenvalue weighted by Crippen LogP contribution is -2.20. The maximum Gasteiger partial charge on any atom is 0.402 e. The molecule has 0 N–H and O–H groups in total. The van der Waals surface area contributed by atoms with E-state index >= 15 is 0 Å². The van der Waals surface area contributed by atoms with E-state index in [1.165, 1.54) is 18.4 Å². The third-order valence-corrected chi connectivity index (χ3v) is 2.61. The molecule has 0 fully saturated rings. The van der Waals surface area contributed by atoms with E-state index in [1.807, 2.05) is 0 Å². The van der Waals surface area contributed by atoms with Crippen molar-refractivity contribution in [1.82, 2.24) is 4.98 Å². The maximum atomic E-state index is 13.0. The van der Waals surface area contributed by atoms with Crippen molar-refractivity contribution in [3.8, 4) is 17.2 Å². The Morgan fingerprint density at radius 2 is 2.22 bits per heavy atom. The Labute approximate surface area is 100 Å². The summed E-state index contributed by atoms with van der Waals surface area (Å²) in [6.07, 6.45) is -1.85. The summed E-state index contributed by atoms with van der Waals surface area (Å²) in [6.45, 7) is 0. The van der Waals surface area contributed by atoms with Gasteiger partial charge in [-0.3, -0.25) is 4.79 Å². The Morgan fingerprint density at radius 3 is 2.94 bits per heavy atom. The summed E-state index contributed by atoms with van der Waals surface area (Å²) in [5, 5.41) is 0. The van der Waals surface area contributed by atoms with Crippen LogP contribution in [0.5, 0.6) is 5.75 Å². The predicted octanol–water partition coefficient (Wildman–Crippen LogP) is 2.68. The van der Waals surface area contributed by atoms with E-state index in [9.17, 15) is 13.6 Å². The monoisotopic (exact) mass is 251 g/mol. The van der Waals surface area contributed by atoms with Gasteiger partial charge in [0.05, 0.1) is 6.42 Å². The van der Waals surface area contributed by atoms with Crippen molar-refractivity contribution in [2.75, 3.05) is 0 Å². The highest BCUT2D eigenvalue weighted by Gasteiger charge is 2.39. The van der Waals surface area contributed by atoms with Gasteiger partial charge in [-0.2, -0.15) is 8.78 Å². The molecule has 92 valence electrons. The summed E-state index contributed by atoms with van der Waals surface area (Å²) in [5.41, 5.74) is 1.07. The Bertz CT molecular complexity index is 622. The summed E-state index contributed by atoms with van der Waals surface area (Å²) in [7, 11) is 0. The number of hydrogen-bond donors (Lipinski definition) is 0. The smallest absolute Gasteiger partial charge is 0.402 e. The zero-order valence-electron chi connectivity index (χ0n) is 9.02. The first-order valence-electron chi connectivity index (χ1n) is 5.18. The number of benzene rings is 1. The number of halogens is 2. The van der Waals surface area contributed by atoms with Gasteiger partial charge in [-0.1, -0.05) is 6.07 Å². The van der Waals surface area contributed by atoms with Crippen molar-refractivity contribution in [3.63, 3.8) is 0 Å². The van der Waals surface area contributed by atoms with Gasteiger partial charge in [0.2, 0.25) is 5.89 Å². The molecule has 0 saturated heterocycles. The normalized spacial score (nSPS) is 16.1. The van der Waals surface area contributed by atoms with Crippen LogP contribution >= 0.6 is 0 Å². The van der Waals surface area contributed by atoms with E-state index in [2.05, 4.69) is 9.72 Å². The quantitative estimate of drug-likeness (QED) is 0.770. The number of oxazole rings is 1. The molecule has 0 spiro atoms. The van der Waals surface area contributed by atoms with Crippen LogP contribution in [0.4, 0.5) is 8.78 Å². The molecule has 1 aromatic carbocycles. The van der Waals surface area contributed by atoms with Crippen molar-refractivity contribution in [1.29, 1.82) is 0 Å². The SMILES string of the molecule is O=Cc1coc(-c2ccc3c(c2)OC(F)(F)C3)n1. The minimum atomic E-state index is -3.16. The molecule has 18 heavy (non-hydrogen) atoms. The Kier molecular flexibility index (Phi) is 2.19. The van der Waals surface area contributed by atoms with Gasteiger partial charge in [0.1, 0.15) is 17.7 Å². The highest BCUT2D eigenvalue weighted by atomic mass is 19.3.